The standard InChI is InChI=1S/C26H25BrN2O2/c27-23-10-6-9-22(18-23)19-24(29-14-5-4-11-25(29)30)26(31)28-15-12-21(13-16-28)17-20-7-2-1-3-8-20/h1-11,14,18-19,21H,12-13,15-17H2/b24-19+. The summed E-state index contributed by atoms with van der Waals surface area (Å²) in [7, 11) is 0. The second-order valence-corrected chi connectivity index (χ2v) is 8.83. The van der Waals surface area contributed by atoms with Crippen LogP contribution < -0.4 is 5.56 Å². The number of likely N-dealkylation sites (tertiary alicyclic amines) is 1. The van der Waals surface area contributed by atoms with Crippen molar-refractivity contribution in [2.75, 3.05) is 13.1 Å². The molecule has 4 nitrogen and oxygen atoms in total. The lowest BCUT2D eigenvalue weighted by Gasteiger charge is -2.33. The molecule has 0 atom stereocenters. The molecule has 0 unspecified atom stereocenters. The van der Waals surface area contributed by atoms with Gasteiger partial charge < -0.3 is 4.90 Å². The molecule has 1 aromatic heterocycles. The van der Waals surface area contributed by atoms with Crippen molar-refractivity contribution in [3.63, 3.8) is 0 Å². The van der Waals surface area contributed by atoms with Crippen LogP contribution in [0.1, 0.15) is 24.0 Å². The van der Waals surface area contributed by atoms with Crippen molar-refractivity contribution in [3.05, 3.63) is 105 Å². The zero-order valence-electron chi connectivity index (χ0n) is 17.3. The van der Waals surface area contributed by atoms with Gasteiger partial charge in [0.2, 0.25) is 0 Å². The fraction of sp³-hybridized carbons (Fsp3) is 0.231. The molecule has 3 aromatic rings. The molecule has 4 rings (SSSR count). The van der Waals surface area contributed by atoms with Crippen LogP contribution >= 0.6 is 15.9 Å². The van der Waals surface area contributed by atoms with E-state index in [9.17, 15) is 9.59 Å². The van der Waals surface area contributed by atoms with Gasteiger partial charge in [-0.1, -0.05) is 64.5 Å². The smallest absolute Gasteiger partial charge is 0.270 e. The molecule has 0 saturated carbocycles. The zero-order chi connectivity index (χ0) is 21.6. The number of amides is 1. The third-order valence-corrected chi connectivity index (χ3v) is 6.22. The molecule has 0 aliphatic carbocycles. The molecule has 1 saturated heterocycles. The van der Waals surface area contributed by atoms with E-state index in [4.69, 9.17) is 0 Å². The molecular weight excluding hydrogens is 452 g/mol. The molecule has 1 aliphatic rings. The monoisotopic (exact) mass is 476 g/mol. The van der Waals surface area contributed by atoms with Crippen LogP contribution in [-0.4, -0.2) is 28.5 Å². The number of benzene rings is 2. The predicted molar refractivity (Wildman–Crippen MR) is 128 cm³/mol. The fourth-order valence-corrected chi connectivity index (χ4v) is 4.48. The maximum absolute atomic E-state index is 13.5. The van der Waals surface area contributed by atoms with E-state index in [0.717, 1.165) is 29.3 Å². The summed E-state index contributed by atoms with van der Waals surface area (Å²) in [4.78, 5) is 27.9. The molecule has 0 N–H and O–H groups in total. The average Bonchev–Trinajstić information content (AvgIpc) is 2.79. The second kappa shape index (κ2) is 9.92. The maximum Gasteiger partial charge on any atom is 0.270 e. The van der Waals surface area contributed by atoms with E-state index >= 15 is 0 Å². The number of carbonyl (C=O) groups excluding carboxylic acids is 1. The quantitative estimate of drug-likeness (QED) is 0.481. The highest BCUT2D eigenvalue weighted by atomic mass is 79.9. The third kappa shape index (κ3) is 5.42. The Morgan fingerprint density at radius 1 is 0.968 bits per heavy atom. The summed E-state index contributed by atoms with van der Waals surface area (Å²) in [5, 5.41) is 0. The van der Waals surface area contributed by atoms with E-state index in [1.807, 2.05) is 35.2 Å². The van der Waals surface area contributed by atoms with Crippen molar-refractivity contribution in [1.29, 1.82) is 0 Å². The number of carbonyl (C=O) groups is 1. The third-order valence-electron chi connectivity index (χ3n) is 5.72. The minimum absolute atomic E-state index is 0.105. The summed E-state index contributed by atoms with van der Waals surface area (Å²) < 4.78 is 2.37. The lowest BCUT2D eigenvalue weighted by molar-refractivity contribution is -0.126. The Morgan fingerprint density at radius 3 is 2.42 bits per heavy atom. The fourth-order valence-electron chi connectivity index (χ4n) is 4.06. The normalized spacial score (nSPS) is 15.1. The van der Waals surface area contributed by atoms with E-state index in [-0.39, 0.29) is 11.5 Å². The van der Waals surface area contributed by atoms with Gasteiger partial charge in [-0.05, 0) is 60.6 Å². The van der Waals surface area contributed by atoms with Gasteiger partial charge >= 0.3 is 0 Å². The Balaban J connectivity index is 1.54. The molecule has 0 bridgehead atoms. The summed E-state index contributed by atoms with van der Waals surface area (Å²) in [6, 6.07) is 23.2. The first-order valence-electron chi connectivity index (χ1n) is 10.6. The molecule has 1 amide bonds. The van der Waals surface area contributed by atoms with Gasteiger partial charge in [0.05, 0.1) is 0 Å². The van der Waals surface area contributed by atoms with Crippen LogP contribution in [0, 0.1) is 5.92 Å². The van der Waals surface area contributed by atoms with E-state index in [2.05, 4.69) is 40.2 Å². The Labute approximate surface area is 191 Å². The SMILES string of the molecule is O=C(/C(=C\c1cccc(Br)c1)n1ccccc1=O)N1CCC(Cc2ccccc2)CC1. The Morgan fingerprint density at radius 2 is 1.71 bits per heavy atom. The first-order valence-corrected chi connectivity index (χ1v) is 11.4. The van der Waals surface area contributed by atoms with E-state index in [1.165, 1.54) is 16.2 Å². The van der Waals surface area contributed by atoms with Crippen molar-refractivity contribution in [1.82, 2.24) is 9.47 Å². The van der Waals surface area contributed by atoms with Crippen LogP contribution in [-0.2, 0) is 11.2 Å². The number of piperidine rings is 1. The molecule has 5 heteroatoms. The summed E-state index contributed by atoms with van der Waals surface area (Å²) >= 11 is 3.48. The van der Waals surface area contributed by atoms with E-state index < -0.39 is 0 Å². The van der Waals surface area contributed by atoms with Gasteiger partial charge in [0.15, 0.2) is 0 Å². The van der Waals surface area contributed by atoms with Crippen molar-refractivity contribution in [3.8, 4) is 0 Å². The lowest BCUT2D eigenvalue weighted by Crippen LogP contribution is -2.41. The largest absolute Gasteiger partial charge is 0.337 e. The molecule has 158 valence electrons. The Bertz CT molecular complexity index is 1130. The van der Waals surface area contributed by atoms with E-state index in [0.29, 0.717) is 24.7 Å². The Kier molecular flexibility index (Phi) is 6.82. The van der Waals surface area contributed by atoms with Crippen molar-refractivity contribution in [2.45, 2.75) is 19.3 Å². The average molecular weight is 477 g/mol. The highest BCUT2D eigenvalue weighted by Crippen LogP contribution is 2.24. The molecule has 2 aromatic carbocycles. The van der Waals surface area contributed by atoms with Crippen LogP contribution in [0.5, 0.6) is 0 Å². The van der Waals surface area contributed by atoms with Crippen molar-refractivity contribution < 1.29 is 4.79 Å². The van der Waals surface area contributed by atoms with Gasteiger partial charge in [-0.15, -0.1) is 0 Å². The maximum atomic E-state index is 13.5. The topological polar surface area (TPSA) is 42.3 Å². The van der Waals surface area contributed by atoms with Crippen LogP contribution in [0.4, 0.5) is 0 Å². The molecule has 0 spiro atoms. The van der Waals surface area contributed by atoms with Gasteiger partial charge in [-0.2, -0.15) is 0 Å². The number of nitrogens with zero attached hydrogens (tertiary/aromatic N) is 2. The highest BCUT2D eigenvalue weighted by molar-refractivity contribution is 9.10. The number of hydrogen-bond acceptors (Lipinski definition) is 2. The van der Waals surface area contributed by atoms with Gasteiger partial charge in [0.25, 0.3) is 11.5 Å². The molecule has 1 aliphatic heterocycles. The second-order valence-electron chi connectivity index (χ2n) is 7.92. The van der Waals surface area contributed by atoms with Crippen LogP contribution in [0.3, 0.4) is 0 Å². The molecule has 2 heterocycles. The van der Waals surface area contributed by atoms with Gasteiger partial charge in [0, 0.05) is 29.8 Å². The number of aromatic nitrogens is 1. The molecular formula is C26H25BrN2O2. The number of hydrogen-bond donors (Lipinski definition) is 0. The molecule has 1 fully saturated rings. The highest BCUT2D eigenvalue weighted by Gasteiger charge is 2.26. The minimum Gasteiger partial charge on any atom is -0.337 e. The van der Waals surface area contributed by atoms with Gasteiger partial charge in [0.1, 0.15) is 5.70 Å². The van der Waals surface area contributed by atoms with E-state index in [1.54, 1.807) is 24.4 Å². The summed E-state index contributed by atoms with van der Waals surface area (Å²) in [6.45, 7) is 1.40. The summed E-state index contributed by atoms with van der Waals surface area (Å²) in [6.07, 6.45) is 6.43. The first-order chi connectivity index (χ1) is 15.1. The lowest BCUT2D eigenvalue weighted by atomic mass is 9.90. The first kappa shape index (κ1) is 21.3. The number of halogens is 1. The Hall–Kier alpha value is -2.92. The minimum atomic E-state index is -0.212. The van der Waals surface area contributed by atoms with Crippen LogP contribution in [0.25, 0.3) is 11.8 Å². The van der Waals surface area contributed by atoms with Crippen LogP contribution in [0.2, 0.25) is 0 Å². The summed E-state index contributed by atoms with van der Waals surface area (Å²) in [5.74, 6) is 0.467. The molecule has 0 radical (unpaired) electrons. The zero-order valence-corrected chi connectivity index (χ0v) is 18.9. The van der Waals surface area contributed by atoms with Crippen molar-refractivity contribution in [2.24, 2.45) is 5.92 Å². The summed E-state index contributed by atoms with van der Waals surface area (Å²) in [5.41, 5.74) is 2.38. The number of rotatable bonds is 5. The molecule has 31 heavy (non-hydrogen) atoms. The van der Waals surface area contributed by atoms with Gasteiger partial charge in [-0.3, -0.25) is 14.2 Å². The van der Waals surface area contributed by atoms with Crippen molar-refractivity contribution >= 4 is 33.6 Å². The van der Waals surface area contributed by atoms with Crippen LogP contribution in [0.15, 0.2) is 88.3 Å². The predicted octanol–water partition coefficient (Wildman–Crippen LogP) is 5.09. The van der Waals surface area contributed by atoms with Gasteiger partial charge in [-0.25, -0.2) is 0 Å². The number of pyridine rings is 1.